The van der Waals surface area contributed by atoms with Crippen molar-refractivity contribution in [2.45, 2.75) is 47.4 Å². The minimum Gasteiger partial charge on any atom is -0.463 e. The second-order valence-corrected chi connectivity index (χ2v) is 9.96. The maximum absolute atomic E-state index is 12.2. The van der Waals surface area contributed by atoms with Crippen molar-refractivity contribution < 1.29 is 32.3 Å². The number of rotatable bonds is 12. The molecule has 0 aliphatic rings. The molecule has 1 aromatic rings. The molecule has 1 amide bonds. The third-order valence-electron chi connectivity index (χ3n) is 4.12. The smallest absolute Gasteiger partial charge is 0.305 e. The van der Waals surface area contributed by atoms with Crippen LogP contribution in [0.1, 0.15) is 24.5 Å². The zero-order chi connectivity index (χ0) is 23.6. The first-order valence-corrected chi connectivity index (χ1v) is 12.5. The normalized spacial score (nSPS) is 13.3. The largest absolute Gasteiger partial charge is 0.463 e. The highest BCUT2D eigenvalue weighted by molar-refractivity contribution is 7.90. The number of halogens is 2. The van der Waals surface area contributed by atoms with Crippen molar-refractivity contribution in [1.29, 1.82) is 0 Å². The molecule has 1 rings (SSSR count). The van der Waals surface area contributed by atoms with Gasteiger partial charge < -0.3 is 14.8 Å². The fourth-order valence-electron chi connectivity index (χ4n) is 2.60. The summed E-state index contributed by atoms with van der Waals surface area (Å²) in [5.74, 6) is -1.78. The van der Waals surface area contributed by atoms with Crippen molar-refractivity contribution in [3.05, 3.63) is 29.8 Å². The van der Waals surface area contributed by atoms with Gasteiger partial charge in [-0.3, -0.25) is 14.4 Å². The van der Waals surface area contributed by atoms with Gasteiger partial charge in [0.1, 0.15) is 28.3 Å². The number of nitrogens with one attached hydrogen (secondary N) is 1. The van der Waals surface area contributed by atoms with E-state index in [1.807, 2.05) is 7.85 Å². The van der Waals surface area contributed by atoms with Gasteiger partial charge in [0.05, 0.1) is 4.90 Å². The lowest BCUT2D eigenvalue weighted by Crippen LogP contribution is -2.46. The molecule has 1 aromatic carbocycles. The third kappa shape index (κ3) is 9.53. The Bertz CT molecular complexity index is 866. The molecule has 0 aliphatic heterocycles. The lowest BCUT2D eigenvalue weighted by Gasteiger charge is -2.28. The number of esters is 2. The van der Waals surface area contributed by atoms with Crippen molar-refractivity contribution in [3.63, 3.8) is 0 Å². The first kappa shape index (κ1) is 27.3. The van der Waals surface area contributed by atoms with E-state index in [0.29, 0.717) is 18.2 Å². The fraction of sp³-hybridized carbons (Fsp3) is 0.500. The lowest BCUT2D eigenvalue weighted by atomic mass is 10.0. The van der Waals surface area contributed by atoms with Gasteiger partial charge in [0.15, 0.2) is 20.8 Å². The number of hydrogen-bond donors (Lipinski definition) is 1. The SMILES string of the molecule is BCCC(=O)OC[C@@H](NC(=O)C(Cl)Cl)[C@H](OC(=O)CCB)c1ccc(S(C)(=O)=O)cc1. The number of carbonyl (C=O) groups is 3. The van der Waals surface area contributed by atoms with Gasteiger partial charge in [0, 0.05) is 19.1 Å². The van der Waals surface area contributed by atoms with Crippen LogP contribution >= 0.6 is 23.2 Å². The Morgan fingerprint density at radius 2 is 1.58 bits per heavy atom. The van der Waals surface area contributed by atoms with Crippen LogP contribution in [0.15, 0.2) is 29.2 Å². The molecule has 2 atom stereocenters. The van der Waals surface area contributed by atoms with E-state index in [-0.39, 0.29) is 24.3 Å². The van der Waals surface area contributed by atoms with E-state index in [1.165, 1.54) is 24.3 Å². The highest BCUT2D eigenvalue weighted by Crippen LogP contribution is 2.25. The third-order valence-corrected chi connectivity index (χ3v) is 5.64. The molecule has 13 heteroatoms. The molecule has 0 aliphatic carbocycles. The van der Waals surface area contributed by atoms with Gasteiger partial charge in [-0.2, -0.15) is 0 Å². The number of ether oxygens (including phenoxy) is 2. The number of carbonyl (C=O) groups excluding carboxylic acids is 3. The highest BCUT2D eigenvalue weighted by atomic mass is 35.5. The Morgan fingerprint density at radius 3 is 2.06 bits per heavy atom. The molecule has 0 bridgehead atoms. The number of benzene rings is 1. The van der Waals surface area contributed by atoms with Crippen molar-refractivity contribution in [1.82, 2.24) is 5.32 Å². The van der Waals surface area contributed by atoms with E-state index in [4.69, 9.17) is 32.7 Å². The number of hydrogen-bond acceptors (Lipinski definition) is 7. The Balaban J connectivity index is 3.29. The summed E-state index contributed by atoms with van der Waals surface area (Å²) in [6.07, 6.45) is 1.41. The summed E-state index contributed by atoms with van der Waals surface area (Å²) >= 11 is 11.3. The first-order chi connectivity index (χ1) is 14.5. The van der Waals surface area contributed by atoms with E-state index in [0.717, 1.165) is 6.26 Å². The predicted molar refractivity (Wildman–Crippen MR) is 123 cm³/mol. The summed E-state index contributed by atoms with van der Waals surface area (Å²) in [5.41, 5.74) is 0.398. The lowest BCUT2D eigenvalue weighted by molar-refractivity contribution is -0.154. The van der Waals surface area contributed by atoms with Gasteiger partial charge in [-0.1, -0.05) is 48.0 Å². The molecular formula is C18H25B2Cl2NO7S. The predicted octanol–water partition coefficient (Wildman–Crippen LogP) is 0.389. The standard InChI is InChI=1S/C18H25B2Cl2NO7S/c1-31(27,28)12-4-2-11(3-5-12)16(30-15(25)7-9-20)13(23-18(26)17(21)22)10-29-14(24)6-8-19/h2-5,13,16-17H,6-10,19-20H2,1H3,(H,23,26)/t13-,16-/m1/s1. The molecule has 0 fully saturated rings. The molecule has 1 N–H and O–H groups in total. The maximum atomic E-state index is 12.2. The summed E-state index contributed by atoms with van der Waals surface area (Å²) in [5, 5.41) is 2.53. The topological polar surface area (TPSA) is 116 Å². The summed E-state index contributed by atoms with van der Waals surface area (Å²) in [6, 6.07) is 4.65. The second-order valence-electron chi connectivity index (χ2n) is 6.85. The molecule has 8 nitrogen and oxygen atoms in total. The van der Waals surface area contributed by atoms with Crippen molar-refractivity contribution in [2.24, 2.45) is 0 Å². The summed E-state index contributed by atoms with van der Waals surface area (Å²) in [7, 11) is 0.173. The molecule has 0 saturated heterocycles. The zero-order valence-corrected chi connectivity index (χ0v) is 19.9. The van der Waals surface area contributed by atoms with E-state index in [1.54, 1.807) is 7.85 Å². The fourth-order valence-corrected chi connectivity index (χ4v) is 3.36. The van der Waals surface area contributed by atoms with Gasteiger partial charge in [0.2, 0.25) is 0 Å². The van der Waals surface area contributed by atoms with Crippen LogP contribution in [0.25, 0.3) is 0 Å². The molecule has 0 aromatic heterocycles. The van der Waals surface area contributed by atoms with Crippen LogP contribution in [0.3, 0.4) is 0 Å². The van der Waals surface area contributed by atoms with Gasteiger partial charge >= 0.3 is 11.9 Å². The number of amides is 1. The Labute approximate surface area is 194 Å². The molecule has 0 radical (unpaired) electrons. The second kappa shape index (κ2) is 13.0. The van der Waals surface area contributed by atoms with Gasteiger partial charge in [-0.05, 0) is 17.7 Å². The van der Waals surface area contributed by atoms with Crippen LogP contribution in [0, 0.1) is 0 Å². The average Bonchev–Trinajstić information content (AvgIpc) is 2.69. The van der Waals surface area contributed by atoms with E-state index in [2.05, 4.69) is 5.32 Å². The highest BCUT2D eigenvalue weighted by Gasteiger charge is 2.31. The Hall–Kier alpha value is -1.71. The van der Waals surface area contributed by atoms with E-state index >= 15 is 0 Å². The van der Waals surface area contributed by atoms with Gasteiger partial charge in [-0.15, -0.1) is 0 Å². The minimum absolute atomic E-state index is 0.0754. The van der Waals surface area contributed by atoms with Crippen LogP contribution in [0.5, 0.6) is 0 Å². The van der Waals surface area contributed by atoms with Crippen LogP contribution in [-0.4, -0.2) is 65.7 Å². The van der Waals surface area contributed by atoms with Crippen molar-refractivity contribution >= 4 is 66.6 Å². The van der Waals surface area contributed by atoms with Crippen molar-refractivity contribution in [2.75, 3.05) is 12.9 Å². The van der Waals surface area contributed by atoms with E-state index < -0.39 is 44.7 Å². The Morgan fingerprint density at radius 1 is 1.03 bits per heavy atom. The minimum atomic E-state index is -3.44. The first-order valence-electron chi connectivity index (χ1n) is 9.73. The van der Waals surface area contributed by atoms with Crippen LogP contribution in [0.4, 0.5) is 0 Å². The van der Waals surface area contributed by atoms with Gasteiger partial charge in [0.25, 0.3) is 5.91 Å². The monoisotopic (exact) mass is 491 g/mol. The molecular weight excluding hydrogens is 467 g/mol. The van der Waals surface area contributed by atoms with Crippen LogP contribution < -0.4 is 5.32 Å². The molecule has 170 valence electrons. The van der Waals surface area contributed by atoms with Crippen molar-refractivity contribution in [3.8, 4) is 0 Å². The molecule has 0 spiro atoms. The van der Waals surface area contributed by atoms with E-state index in [9.17, 15) is 22.8 Å². The van der Waals surface area contributed by atoms with Crippen LogP contribution in [0.2, 0.25) is 12.6 Å². The summed E-state index contributed by atoms with van der Waals surface area (Å²) in [6.45, 7) is -0.303. The molecule has 31 heavy (non-hydrogen) atoms. The average molecular weight is 492 g/mol. The number of sulfone groups is 1. The summed E-state index contributed by atoms with van der Waals surface area (Å²) < 4.78 is 34.3. The van der Waals surface area contributed by atoms with Gasteiger partial charge in [-0.25, -0.2) is 8.42 Å². The Kier molecular flexibility index (Phi) is 11.4. The van der Waals surface area contributed by atoms with Crippen LogP contribution in [-0.2, 0) is 33.7 Å². The number of alkyl halides is 2. The molecule has 0 unspecified atom stereocenters. The zero-order valence-electron chi connectivity index (χ0n) is 17.6. The quantitative estimate of drug-likeness (QED) is 0.255. The molecule has 0 saturated carbocycles. The summed E-state index contributed by atoms with van der Waals surface area (Å²) in [4.78, 5) is 34.9. The molecule has 0 heterocycles. The maximum Gasteiger partial charge on any atom is 0.305 e.